The summed E-state index contributed by atoms with van der Waals surface area (Å²) < 4.78 is 17.2. The van der Waals surface area contributed by atoms with Crippen LogP contribution in [0.25, 0.3) is 0 Å². The number of benzene rings is 2. The quantitative estimate of drug-likeness (QED) is 0.399. The van der Waals surface area contributed by atoms with Gasteiger partial charge >= 0.3 is 11.9 Å². The van der Waals surface area contributed by atoms with E-state index in [1.54, 1.807) is 14.0 Å². The molecule has 5 nitrogen and oxygen atoms in total. The van der Waals surface area contributed by atoms with Crippen LogP contribution in [0.3, 0.4) is 0 Å². The Hall–Kier alpha value is -2.82. The van der Waals surface area contributed by atoms with Crippen LogP contribution in [-0.4, -0.2) is 19.0 Å². The summed E-state index contributed by atoms with van der Waals surface area (Å²) in [5.41, 5.74) is 1.93. The molecular weight excluding hydrogens is 404 g/mol. The molecule has 174 valence electrons. The third-order valence-electron chi connectivity index (χ3n) is 5.36. The predicted molar refractivity (Wildman–Crippen MR) is 126 cm³/mol. The normalized spacial score (nSPS) is 13.8. The molecular formula is C27H36O5. The Morgan fingerprint density at radius 1 is 0.875 bits per heavy atom. The SMILES string of the molecule is COc1cc(C(C)(C)C)c(OC(=O)[C@@H](C)[C@H](OC(C)=O)c2ccccc2)c(C(C)(C)C)c1. The van der Waals surface area contributed by atoms with E-state index in [0.717, 1.165) is 22.4 Å². The third-order valence-corrected chi connectivity index (χ3v) is 5.36. The topological polar surface area (TPSA) is 61.8 Å². The molecule has 2 rings (SSSR count). The molecule has 32 heavy (non-hydrogen) atoms. The van der Waals surface area contributed by atoms with E-state index in [9.17, 15) is 9.59 Å². The van der Waals surface area contributed by atoms with Gasteiger partial charge in [0.25, 0.3) is 0 Å². The molecule has 5 heteroatoms. The molecule has 2 atom stereocenters. The van der Waals surface area contributed by atoms with Crippen molar-refractivity contribution in [3.05, 3.63) is 59.2 Å². The van der Waals surface area contributed by atoms with Crippen molar-refractivity contribution in [1.82, 2.24) is 0 Å². The highest BCUT2D eigenvalue weighted by Crippen LogP contribution is 2.43. The van der Waals surface area contributed by atoms with Gasteiger partial charge in [-0.15, -0.1) is 0 Å². The second-order valence-corrected chi connectivity index (χ2v) is 10.2. The lowest BCUT2D eigenvalue weighted by Gasteiger charge is -2.31. The third kappa shape index (κ3) is 6.12. The van der Waals surface area contributed by atoms with E-state index < -0.39 is 24.0 Å². The number of hydrogen-bond donors (Lipinski definition) is 0. The number of carbonyl (C=O) groups is 2. The highest BCUT2D eigenvalue weighted by molar-refractivity contribution is 5.78. The number of ether oxygens (including phenoxy) is 3. The van der Waals surface area contributed by atoms with Crippen molar-refractivity contribution in [3.8, 4) is 11.5 Å². The smallest absolute Gasteiger partial charge is 0.318 e. The van der Waals surface area contributed by atoms with Crippen LogP contribution in [0, 0.1) is 5.92 Å². The number of carbonyl (C=O) groups excluding carboxylic acids is 2. The molecule has 2 aromatic carbocycles. The molecule has 0 fully saturated rings. The van der Waals surface area contributed by atoms with Crippen molar-refractivity contribution in [2.75, 3.05) is 7.11 Å². The summed E-state index contributed by atoms with van der Waals surface area (Å²) >= 11 is 0. The number of rotatable bonds is 6. The standard InChI is InChI=1S/C27H36O5/c1-17(23(31-18(2)28)19-13-11-10-12-14-19)25(29)32-24-21(26(3,4)5)15-20(30-9)16-22(24)27(6,7)8/h10-17,23H,1-9H3/t17-,23-/m0/s1. The highest BCUT2D eigenvalue weighted by atomic mass is 16.6. The Morgan fingerprint density at radius 3 is 1.78 bits per heavy atom. The fourth-order valence-corrected chi connectivity index (χ4v) is 3.54. The van der Waals surface area contributed by atoms with Crippen molar-refractivity contribution >= 4 is 11.9 Å². The minimum atomic E-state index is -0.740. The first-order valence-corrected chi connectivity index (χ1v) is 10.9. The lowest BCUT2D eigenvalue weighted by Crippen LogP contribution is -2.29. The van der Waals surface area contributed by atoms with Crippen LogP contribution in [0.4, 0.5) is 0 Å². The maximum atomic E-state index is 13.4. The number of esters is 2. The average molecular weight is 441 g/mol. The van der Waals surface area contributed by atoms with Gasteiger partial charge in [0, 0.05) is 18.1 Å². The van der Waals surface area contributed by atoms with Gasteiger partial charge in [0.1, 0.15) is 17.6 Å². The molecule has 0 N–H and O–H groups in total. The van der Waals surface area contributed by atoms with Gasteiger partial charge in [0.2, 0.25) is 0 Å². The Balaban J connectivity index is 2.54. The molecule has 0 aromatic heterocycles. The van der Waals surface area contributed by atoms with Gasteiger partial charge in [-0.25, -0.2) is 0 Å². The average Bonchev–Trinajstić information content (AvgIpc) is 2.70. The Bertz CT molecular complexity index is 913. The monoisotopic (exact) mass is 440 g/mol. The van der Waals surface area contributed by atoms with E-state index >= 15 is 0 Å². The maximum absolute atomic E-state index is 13.4. The van der Waals surface area contributed by atoms with Crippen LogP contribution in [0.2, 0.25) is 0 Å². The largest absolute Gasteiger partial charge is 0.497 e. The van der Waals surface area contributed by atoms with Crippen LogP contribution in [0.1, 0.15) is 78.2 Å². The van der Waals surface area contributed by atoms with E-state index in [0.29, 0.717) is 5.75 Å². The molecule has 0 heterocycles. The zero-order valence-electron chi connectivity index (χ0n) is 20.7. The summed E-state index contributed by atoms with van der Waals surface area (Å²) in [6, 6.07) is 13.1. The van der Waals surface area contributed by atoms with Gasteiger partial charge in [-0.3, -0.25) is 9.59 Å². The van der Waals surface area contributed by atoms with E-state index in [4.69, 9.17) is 14.2 Å². The summed E-state index contributed by atoms with van der Waals surface area (Å²) in [6.07, 6.45) is -0.740. The fraction of sp³-hybridized carbons (Fsp3) is 0.481. The zero-order chi connectivity index (χ0) is 24.3. The van der Waals surface area contributed by atoms with Crippen LogP contribution >= 0.6 is 0 Å². The van der Waals surface area contributed by atoms with Crippen molar-refractivity contribution in [2.45, 2.75) is 72.3 Å². The predicted octanol–water partition coefficient (Wildman–Crippen LogP) is 6.14. The van der Waals surface area contributed by atoms with Crippen LogP contribution in [-0.2, 0) is 25.2 Å². The molecule has 0 saturated carbocycles. The van der Waals surface area contributed by atoms with Crippen LogP contribution in [0.5, 0.6) is 11.5 Å². The molecule has 0 aliphatic carbocycles. The van der Waals surface area contributed by atoms with Gasteiger partial charge in [0.15, 0.2) is 0 Å². The van der Waals surface area contributed by atoms with E-state index in [-0.39, 0.29) is 10.8 Å². The first-order chi connectivity index (χ1) is 14.8. The van der Waals surface area contributed by atoms with Crippen LogP contribution < -0.4 is 9.47 Å². The molecule has 0 spiro atoms. The maximum Gasteiger partial charge on any atom is 0.318 e. The second kappa shape index (κ2) is 9.76. The second-order valence-electron chi connectivity index (χ2n) is 10.2. The Morgan fingerprint density at radius 2 is 1.38 bits per heavy atom. The van der Waals surface area contributed by atoms with Gasteiger partial charge < -0.3 is 14.2 Å². The zero-order valence-corrected chi connectivity index (χ0v) is 20.7. The number of methoxy groups -OCH3 is 1. The van der Waals surface area contributed by atoms with Crippen molar-refractivity contribution < 1.29 is 23.8 Å². The van der Waals surface area contributed by atoms with Crippen molar-refractivity contribution in [3.63, 3.8) is 0 Å². The Kier molecular flexibility index (Phi) is 7.76. The van der Waals surface area contributed by atoms with E-state index in [1.165, 1.54) is 6.92 Å². The summed E-state index contributed by atoms with van der Waals surface area (Å²) in [7, 11) is 1.63. The Labute approximate surface area is 192 Å². The summed E-state index contributed by atoms with van der Waals surface area (Å²) in [6.45, 7) is 15.5. The first-order valence-electron chi connectivity index (χ1n) is 10.9. The van der Waals surface area contributed by atoms with Gasteiger partial charge in [-0.05, 0) is 35.4 Å². The molecule has 0 aliphatic rings. The van der Waals surface area contributed by atoms with Crippen molar-refractivity contribution in [2.24, 2.45) is 5.92 Å². The van der Waals surface area contributed by atoms with Gasteiger partial charge in [0.05, 0.1) is 13.0 Å². The minimum Gasteiger partial charge on any atom is -0.497 e. The molecule has 0 radical (unpaired) electrons. The molecule has 0 unspecified atom stereocenters. The van der Waals surface area contributed by atoms with Crippen LogP contribution in [0.15, 0.2) is 42.5 Å². The summed E-state index contributed by atoms with van der Waals surface area (Å²) in [5.74, 6) is -0.355. The van der Waals surface area contributed by atoms with Gasteiger partial charge in [-0.2, -0.15) is 0 Å². The van der Waals surface area contributed by atoms with Crippen molar-refractivity contribution in [1.29, 1.82) is 0 Å². The summed E-state index contributed by atoms with van der Waals surface area (Å²) in [4.78, 5) is 25.1. The highest BCUT2D eigenvalue weighted by Gasteiger charge is 2.34. The van der Waals surface area contributed by atoms with Gasteiger partial charge in [-0.1, -0.05) is 71.9 Å². The molecule has 0 amide bonds. The molecule has 0 saturated heterocycles. The fourth-order valence-electron chi connectivity index (χ4n) is 3.54. The molecule has 2 aromatic rings. The lowest BCUT2D eigenvalue weighted by atomic mass is 9.79. The molecule has 0 aliphatic heterocycles. The number of hydrogen-bond acceptors (Lipinski definition) is 5. The molecule has 0 bridgehead atoms. The van der Waals surface area contributed by atoms with E-state index in [1.807, 2.05) is 42.5 Å². The first kappa shape index (κ1) is 25.4. The van der Waals surface area contributed by atoms with E-state index in [2.05, 4.69) is 41.5 Å². The minimum absolute atomic E-state index is 0.290. The summed E-state index contributed by atoms with van der Waals surface area (Å²) in [5, 5.41) is 0. The lowest BCUT2D eigenvalue weighted by molar-refractivity contribution is -0.155.